The van der Waals surface area contributed by atoms with Crippen LogP contribution in [0.15, 0.2) is 36.5 Å². The predicted octanol–water partition coefficient (Wildman–Crippen LogP) is 3.00. The molecule has 5 nitrogen and oxygen atoms in total. The predicted molar refractivity (Wildman–Crippen MR) is 95.1 cm³/mol. The third-order valence-corrected chi connectivity index (χ3v) is 4.67. The zero-order chi connectivity index (χ0) is 16.8. The van der Waals surface area contributed by atoms with Crippen molar-refractivity contribution in [1.29, 1.82) is 0 Å². The Hall–Kier alpha value is -2.30. The Kier molecular flexibility index (Phi) is 5.51. The zero-order valence-corrected chi connectivity index (χ0v) is 14.3. The molecule has 1 aromatic heterocycles. The lowest BCUT2D eigenvalue weighted by Gasteiger charge is -2.29. The molecule has 0 aliphatic heterocycles. The fraction of sp³-hybridized carbons (Fsp3) is 0.474. The van der Waals surface area contributed by atoms with Gasteiger partial charge in [-0.3, -0.25) is 0 Å². The molecule has 1 aliphatic rings. The summed E-state index contributed by atoms with van der Waals surface area (Å²) in [5.74, 6) is 1.08. The Labute approximate surface area is 143 Å². The summed E-state index contributed by atoms with van der Waals surface area (Å²) in [7, 11) is 0. The van der Waals surface area contributed by atoms with E-state index in [1.165, 1.54) is 30.5 Å². The lowest BCUT2D eigenvalue weighted by molar-refractivity contribution is 0.241. The molecule has 0 radical (unpaired) electrons. The van der Waals surface area contributed by atoms with Gasteiger partial charge in [0, 0.05) is 37.4 Å². The normalized spacial score (nSPS) is 14.2. The van der Waals surface area contributed by atoms with E-state index >= 15 is 0 Å². The largest absolute Gasteiger partial charge is 0.338 e. The second kappa shape index (κ2) is 7.99. The smallest absolute Gasteiger partial charge is 0.314 e. The summed E-state index contributed by atoms with van der Waals surface area (Å²) in [6, 6.07) is 10.7. The molecule has 1 saturated carbocycles. The topological polar surface area (TPSA) is 59.0 Å². The van der Waals surface area contributed by atoms with Crippen molar-refractivity contribution in [2.24, 2.45) is 0 Å². The molecule has 1 heterocycles. The summed E-state index contributed by atoms with van der Waals surface area (Å²) >= 11 is 0. The third kappa shape index (κ3) is 4.16. The van der Waals surface area contributed by atoms with Gasteiger partial charge in [-0.15, -0.1) is 0 Å². The van der Waals surface area contributed by atoms with Gasteiger partial charge in [-0.25, -0.2) is 9.78 Å². The van der Waals surface area contributed by atoms with Gasteiger partial charge >= 0.3 is 6.03 Å². The number of hydrogen-bond acceptors (Lipinski definition) is 2. The second-order valence-corrected chi connectivity index (χ2v) is 6.44. The minimum absolute atomic E-state index is 0.107. The van der Waals surface area contributed by atoms with E-state index in [0.29, 0.717) is 19.1 Å². The molecule has 128 valence electrons. The van der Waals surface area contributed by atoms with Crippen LogP contribution in [0, 0.1) is 6.92 Å². The monoisotopic (exact) mass is 326 g/mol. The maximum Gasteiger partial charge on any atom is 0.314 e. The van der Waals surface area contributed by atoms with Crippen molar-refractivity contribution < 1.29 is 4.79 Å². The van der Waals surface area contributed by atoms with Crippen LogP contribution in [0.3, 0.4) is 0 Å². The van der Waals surface area contributed by atoms with Crippen molar-refractivity contribution >= 4 is 6.03 Å². The van der Waals surface area contributed by atoms with Crippen molar-refractivity contribution in [1.82, 2.24) is 20.2 Å². The van der Waals surface area contributed by atoms with Gasteiger partial charge in [-0.2, -0.15) is 0 Å². The van der Waals surface area contributed by atoms with Gasteiger partial charge in [-0.05, 0) is 38.2 Å². The molecular weight excluding hydrogens is 300 g/mol. The average molecular weight is 326 g/mol. The lowest BCUT2D eigenvalue weighted by atomic mass is 9.92. The van der Waals surface area contributed by atoms with Crippen molar-refractivity contribution in [2.75, 3.05) is 13.1 Å². The van der Waals surface area contributed by atoms with Crippen molar-refractivity contribution in [3.8, 4) is 0 Å². The number of imidazole rings is 1. The van der Waals surface area contributed by atoms with E-state index in [4.69, 9.17) is 0 Å². The summed E-state index contributed by atoms with van der Waals surface area (Å²) in [6.07, 6.45) is 7.36. The summed E-state index contributed by atoms with van der Waals surface area (Å²) in [6.45, 7) is 3.37. The van der Waals surface area contributed by atoms with Gasteiger partial charge in [0.1, 0.15) is 5.82 Å². The number of nitrogens with one attached hydrogen (secondary N) is 2. The molecule has 2 N–H and O–H groups in total. The first kappa shape index (κ1) is 16.6. The standard InChI is InChI=1S/C19H26N4O/c1-15-14-22-18(23(15)17-8-5-9-17)11-13-21-19(24)20-12-10-16-6-3-2-4-7-16/h2-4,6-7,14,17H,5,8-13H2,1H3,(H2,20,21,24). The van der Waals surface area contributed by atoms with E-state index < -0.39 is 0 Å². The Morgan fingerprint density at radius 3 is 2.54 bits per heavy atom. The number of carbonyl (C=O) groups excluding carboxylic acids is 1. The second-order valence-electron chi connectivity index (χ2n) is 6.44. The number of nitrogens with zero attached hydrogens (tertiary/aromatic N) is 2. The van der Waals surface area contributed by atoms with Crippen LogP contribution in [0.1, 0.15) is 42.4 Å². The number of amides is 2. The summed E-state index contributed by atoms with van der Waals surface area (Å²) < 4.78 is 2.35. The minimum Gasteiger partial charge on any atom is -0.338 e. The summed E-state index contributed by atoms with van der Waals surface area (Å²) in [5.41, 5.74) is 2.46. The highest BCUT2D eigenvalue weighted by molar-refractivity contribution is 5.73. The Balaban J connectivity index is 1.38. The summed E-state index contributed by atoms with van der Waals surface area (Å²) in [4.78, 5) is 16.4. The first-order valence-corrected chi connectivity index (χ1v) is 8.82. The van der Waals surface area contributed by atoms with Crippen LogP contribution in [0.25, 0.3) is 0 Å². The maximum atomic E-state index is 11.9. The SMILES string of the molecule is Cc1cnc(CCNC(=O)NCCc2ccccc2)n1C1CCC1. The van der Waals surface area contributed by atoms with E-state index in [0.717, 1.165) is 18.7 Å². The number of aryl methyl sites for hydroxylation is 1. The fourth-order valence-corrected chi connectivity index (χ4v) is 3.14. The van der Waals surface area contributed by atoms with Crippen molar-refractivity contribution in [3.05, 3.63) is 53.6 Å². The van der Waals surface area contributed by atoms with Gasteiger partial charge in [0.2, 0.25) is 0 Å². The number of rotatable bonds is 7. The molecule has 1 aromatic carbocycles. The lowest BCUT2D eigenvalue weighted by Crippen LogP contribution is -2.38. The van der Waals surface area contributed by atoms with Crippen LogP contribution < -0.4 is 10.6 Å². The molecule has 0 saturated heterocycles. The molecule has 3 rings (SSSR count). The number of hydrogen-bond donors (Lipinski definition) is 2. The van der Waals surface area contributed by atoms with E-state index in [2.05, 4.69) is 39.2 Å². The molecule has 1 fully saturated rings. The molecule has 5 heteroatoms. The van der Waals surface area contributed by atoms with Crippen molar-refractivity contribution in [3.63, 3.8) is 0 Å². The van der Waals surface area contributed by atoms with Crippen LogP contribution >= 0.6 is 0 Å². The highest BCUT2D eigenvalue weighted by Gasteiger charge is 2.23. The molecule has 24 heavy (non-hydrogen) atoms. The molecule has 0 spiro atoms. The highest BCUT2D eigenvalue weighted by Crippen LogP contribution is 2.33. The Morgan fingerprint density at radius 2 is 1.88 bits per heavy atom. The van der Waals surface area contributed by atoms with Crippen LogP contribution in [-0.4, -0.2) is 28.7 Å². The number of carbonyl (C=O) groups is 1. The van der Waals surface area contributed by atoms with Crippen LogP contribution in [0.4, 0.5) is 4.79 Å². The zero-order valence-electron chi connectivity index (χ0n) is 14.3. The van der Waals surface area contributed by atoms with Gasteiger partial charge in [0.05, 0.1) is 0 Å². The number of aromatic nitrogens is 2. The van der Waals surface area contributed by atoms with Gasteiger partial charge in [-0.1, -0.05) is 30.3 Å². The fourth-order valence-electron chi connectivity index (χ4n) is 3.14. The van der Waals surface area contributed by atoms with Crippen molar-refractivity contribution in [2.45, 2.75) is 45.1 Å². The molecule has 0 bridgehead atoms. The molecule has 0 unspecified atom stereocenters. The summed E-state index contributed by atoms with van der Waals surface area (Å²) in [5, 5.41) is 5.83. The molecule has 1 aliphatic carbocycles. The Morgan fingerprint density at radius 1 is 1.17 bits per heavy atom. The van der Waals surface area contributed by atoms with Crippen LogP contribution in [-0.2, 0) is 12.8 Å². The van der Waals surface area contributed by atoms with Gasteiger partial charge in [0.15, 0.2) is 0 Å². The molecule has 0 atom stereocenters. The molecule has 2 aromatic rings. The highest BCUT2D eigenvalue weighted by atomic mass is 16.2. The minimum atomic E-state index is -0.107. The third-order valence-electron chi connectivity index (χ3n) is 4.67. The first-order valence-electron chi connectivity index (χ1n) is 8.82. The van der Waals surface area contributed by atoms with Crippen LogP contribution in [0.5, 0.6) is 0 Å². The van der Waals surface area contributed by atoms with Gasteiger partial charge < -0.3 is 15.2 Å². The van der Waals surface area contributed by atoms with Crippen LogP contribution in [0.2, 0.25) is 0 Å². The van der Waals surface area contributed by atoms with E-state index in [-0.39, 0.29) is 6.03 Å². The van der Waals surface area contributed by atoms with E-state index in [1.807, 2.05) is 24.4 Å². The molecule has 2 amide bonds. The Bertz CT molecular complexity index is 661. The van der Waals surface area contributed by atoms with E-state index in [1.54, 1.807) is 0 Å². The maximum absolute atomic E-state index is 11.9. The quantitative estimate of drug-likeness (QED) is 0.822. The first-order chi connectivity index (χ1) is 11.7. The average Bonchev–Trinajstić information content (AvgIpc) is 2.88. The van der Waals surface area contributed by atoms with E-state index in [9.17, 15) is 4.79 Å². The number of urea groups is 1. The number of benzene rings is 1. The van der Waals surface area contributed by atoms with Gasteiger partial charge in [0.25, 0.3) is 0 Å². The molecular formula is C19H26N4O.